The minimum absolute atomic E-state index is 0.0620. The SMILES string of the molecule is C[C@H](c1ccccc1)N1C[C@@H](C(=O)O)CC1=O. The monoisotopic (exact) mass is 233 g/mol. The molecule has 1 aliphatic heterocycles. The van der Waals surface area contributed by atoms with Gasteiger partial charge in [-0.05, 0) is 12.5 Å². The van der Waals surface area contributed by atoms with Gasteiger partial charge >= 0.3 is 5.97 Å². The van der Waals surface area contributed by atoms with E-state index in [1.807, 2.05) is 37.3 Å². The lowest BCUT2D eigenvalue weighted by molar-refractivity contribution is -0.141. The van der Waals surface area contributed by atoms with Gasteiger partial charge in [-0.15, -0.1) is 0 Å². The fourth-order valence-electron chi connectivity index (χ4n) is 2.18. The quantitative estimate of drug-likeness (QED) is 0.864. The molecule has 0 aromatic heterocycles. The zero-order valence-electron chi connectivity index (χ0n) is 9.67. The van der Waals surface area contributed by atoms with Crippen molar-refractivity contribution in [1.82, 2.24) is 4.90 Å². The van der Waals surface area contributed by atoms with E-state index >= 15 is 0 Å². The first kappa shape index (κ1) is 11.6. The Hall–Kier alpha value is -1.84. The molecule has 1 aliphatic rings. The highest BCUT2D eigenvalue weighted by Gasteiger charge is 2.36. The molecule has 1 N–H and O–H groups in total. The Morgan fingerprint density at radius 3 is 2.59 bits per heavy atom. The van der Waals surface area contributed by atoms with Gasteiger partial charge in [0.25, 0.3) is 0 Å². The van der Waals surface area contributed by atoms with E-state index < -0.39 is 11.9 Å². The van der Waals surface area contributed by atoms with Gasteiger partial charge in [0, 0.05) is 13.0 Å². The van der Waals surface area contributed by atoms with Crippen LogP contribution >= 0.6 is 0 Å². The van der Waals surface area contributed by atoms with Crippen molar-refractivity contribution in [2.45, 2.75) is 19.4 Å². The molecule has 1 saturated heterocycles. The molecular weight excluding hydrogens is 218 g/mol. The number of rotatable bonds is 3. The second kappa shape index (κ2) is 4.57. The van der Waals surface area contributed by atoms with Crippen molar-refractivity contribution in [3.05, 3.63) is 35.9 Å². The fraction of sp³-hybridized carbons (Fsp3) is 0.385. The molecule has 4 heteroatoms. The van der Waals surface area contributed by atoms with Gasteiger partial charge in [0.2, 0.25) is 5.91 Å². The van der Waals surface area contributed by atoms with Crippen LogP contribution in [0, 0.1) is 5.92 Å². The second-order valence-electron chi connectivity index (χ2n) is 4.37. The number of benzene rings is 1. The van der Waals surface area contributed by atoms with Crippen LogP contribution in [0.25, 0.3) is 0 Å². The fourth-order valence-corrected chi connectivity index (χ4v) is 2.18. The summed E-state index contributed by atoms with van der Waals surface area (Å²) in [6.07, 6.45) is 0.118. The van der Waals surface area contributed by atoms with Gasteiger partial charge in [0.05, 0.1) is 12.0 Å². The summed E-state index contributed by atoms with van der Waals surface area (Å²) in [6.45, 7) is 2.24. The smallest absolute Gasteiger partial charge is 0.308 e. The highest BCUT2D eigenvalue weighted by molar-refractivity contribution is 5.86. The number of amides is 1. The summed E-state index contributed by atoms with van der Waals surface area (Å²) in [5, 5.41) is 8.92. The minimum atomic E-state index is -0.888. The number of aliphatic carboxylic acids is 1. The summed E-state index contributed by atoms with van der Waals surface area (Å²) in [5.41, 5.74) is 1.03. The summed E-state index contributed by atoms with van der Waals surface area (Å²) in [6, 6.07) is 9.59. The van der Waals surface area contributed by atoms with Crippen LogP contribution in [0.15, 0.2) is 30.3 Å². The summed E-state index contributed by atoms with van der Waals surface area (Å²) in [5.74, 6) is -1.52. The first-order valence-corrected chi connectivity index (χ1v) is 5.67. The molecule has 0 bridgehead atoms. The molecule has 2 atom stereocenters. The number of hydrogen-bond donors (Lipinski definition) is 1. The van der Waals surface area contributed by atoms with Gasteiger partial charge in [-0.3, -0.25) is 9.59 Å². The average molecular weight is 233 g/mol. The van der Waals surface area contributed by atoms with Crippen LogP contribution in [0.4, 0.5) is 0 Å². The number of carboxylic acid groups (broad SMARTS) is 1. The maximum absolute atomic E-state index is 11.8. The molecule has 0 radical (unpaired) electrons. The normalized spacial score (nSPS) is 21.6. The van der Waals surface area contributed by atoms with Crippen molar-refractivity contribution in [3.63, 3.8) is 0 Å². The number of carboxylic acids is 1. The van der Waals surface area contributed by atoms with Crippen LogP contribution in [-0.4, -0.2) is 28.4 Å². The zero-order valence-corrected chi connectivity index (χ0v) is 9.67. The van der Waals surface area contributed by atoms with E-state index in [4.69, 9.17) is 5.11 Å². The minimum Gasteiger partial charge on any atom is -0.481 e. The molecule has 0 saturated carbocycles. The van der Waals surface area contributed by atoms with Crippen LogP contribution in [0.2, 0.25) is 0 Å². The van der Waals surface area contributed by atoms with E-state index in [9.17, 15) is 9.59 Å². The topological polar surface area (TPSA) is 57.6 Å². The Balaban J connectivity index is 2.14. The molecule has 90 valence electrons. The second-order valence-corrected chi connectivity index (χ2v) is 4.37. The van der Waals surface area contributed by atoms with Gasteiger partial charge in [-0.2, -0.15) is 0 Å². The third kappa shape index (κ3) is 2.30. The molecule has 1 aromatic rings. The molecule has 1 heterocycles. The van der Waals surface area contributed by atoms with Gasteiger partial charge < -0.3 is 10.0 Å². The van der Waals surface area contributed by atoms with Gasteiger partial charge in [-0.1, -0.05) is 30.3 Å². The molecule has 1 amide bonds. The third-order valence-electron chi connectivity index (χ3n) is 3.26. The number of carbonyl (C=O) groups is 2. The van der Waals surface area contributed by atoms with Crippen molar-refractivity contribution < 1.29 is 14.7 Å². The Bertz CT molecular complexity index is 430. The molecule has 1 fully saturated rings. The van der Waals surface area contributed by atoms with Crippen LogP contribution in [0.5, 0.6) is 0 Å². The Morgan fingerprint density at radius 2 is 2.06 bits per heavy atom. The summed E-state index contributed by atoms with van der Waals surface area (Å²) in [4.78, 5) is 24.3. The summed E-state index contributed by atoms with van der Waals surface area (Å²) >= 11 is 0. The van der Waals surface area contributed by atoms with Gasteiger partial charge in [0.1, 0.15) is 0 Å². The summed E-state index contributed by atoms with van der Waals surface area (Å²) < 4.78 is 0. The lowest BCUT2D eigenvalue weighted by Crippen LogP contribution is -2.29. The molecule has 0 unspecified atom stereocenters. The lowest BCUT2D eigenvalue weighted by atomic mass is 10.1. The van der Waals surface area contributed by atoms with Crippen LogP contribution < -0.4 is 0 Å². The van der Waals surface area contributed by atoms with Crippen molar-refractivity contribution in [1.29, 1.82) is 0 Å². The molecule has 17 heavy (non-hydrogen) atoms. The number of carbonyl (C=O) groups excluding carboxylic acids is 1. The van der Waals surface area contributed by atoms with Gasteiger partial charge in [0.15, 0.2) is 0 Å². The van der Waals surface area contributed by atoms with Crippen molar-refractivity contribution >= 4 is 11.9 Å². The van der Waals surface area contributed by atoms with E-state index in [0.717, 1.165) is 5.56 Å². The Kier molecular flexibility index (Phi) is 3.13. The van der Waals surface area contributed by atoms with Crippen LogP contribution in [0.1, 0.15) is 24.9 Å². The van der Waals surface area contributed by atoms with E-state index in [2.05, 4.69) is 0 Å². The third-order valence-corrected chi connectivity index (χ3v) is 3.26. The molecule has 2 rings (SSSR count). The molecular formula is C13H15NO3. The average Bonchev–Trinajstić information content (AvgIpc) is 2.72. The van der Waals surface area contributed by atoms with Gasteiger partial charge in [-0.25, -0.2) is 0 Å². The number of nitrogens with zero attached hydrogens (tertiary/aromatic N) is 1. The van der Waals surface area contributed by atoms with Crippen molar-refractivity contribution in [2.75, 3.05) is 6.54 Å². The van der Waals surface area contributed by atoms with E-state index in [1.54, 1.807) is 4.90 Å². The van der Waals surface area contributed by atoms with Crippen LogP contribution in [-0.2, 0) is 9.59 Å². The molecule has 0 aliphatic carbocycles. The van der Waals surface area contributed by atoms with E-state index in [0.29, 0.717) is 6.54 Å². The molecule has 0 spiro atoms. The Labute approximate surface area is 99.9 Å². The molecule has 1 aromatic carbocycles. The predicted molar refractivity (Wildman–Crippen MR) is 62.3 cm³/mol. The maximum atomic E-state index is 11.8. The summed E-state index contributed by atoms with van der Waals surface area (Å²) in [7, 11) is 0. The maximum Gasteiger partial charge on any atom is 0.308 e. The zero-order chi connectivity index (χ0) is 12.4. The standard InChI is InChI=1S/C13H15NO3/c1-9(10-5-3-2-4-6-10)14-8-11(13(16)17)7-12(14)15/h2-6,9,11H,7-8H2,1H3,(H,16,17)/t9-,11+/m1/s1. The van der Waals surface area contributed by atoms with Crippen molar-refractivity contribution in [2.24, 2.45) is 5.92 Å². The predicted octanol–water partition coefficient (Wildman–Crippen LogP) is 1.68. The highest BCUT2D eigenvalue weighted by Crippen LogP contribution is 2.28. The first-order chi connectivity index (χ1) is 8.09. The number of likely N-dealkylation sites (tertiary alicyclic amines) is 1. The van der Waals surface area contributed by atoms with Crippen LogP contribution in [0.3, 0.4) is 0 Å². The lowest BCUT2D eigenvalue weighted by Gasteiger charge is -2.24. The first-order valence-electron chi connectivity index (χ1n) is 5.67. The van der Waals surface area contributed by atoms with E-state index in [1.165, 1.54) is 0 Å². The number of hydrogen-bond acceptors (Lipinski definition) is 2. The molecule has 4 nitrogen and oxygen atoms in total. The van der Waals surface area contributed by atoms with E-state index in [-0.39, 0.29) is 18.4 Å². The Morgan fingerprint density at radius 1 is 1.41 bits per heavy atom. The van der Waals surface area contributed by atoms with Crippen molar-refractivity contribution in [3.8, 4) is 0 Å². The highest BCUT2D eigenvalue weighted by atomic mass is 16.4. The largest absolute Gasteiger partial charge is 0.481 e.